The molecule has 128 valence electrons. The van der Waals surface area contributed by atoms with E-state index >= 15 is 0 Å². The molecule has 0 atom stereocenters. The van der Waals surface area contributed by atoms with Gasteiger partial charge in [0.2, 0.25) is 0 Å². The van der Waals surface area contributed by atoms with E-state index in [2.05, 4.69) is 63.5 Å². The molecule has 1 aliphatic rings. The summed E-state index contributed by atoms with van der Waals surface area (Å²) in [6.07, 6.45) is 3.95. The van der Waals surface area contributed by atoms with Crippen molar-refractivity contribution in [2.24, 2.45) is 0 Å². The van der Waals surface area contributed by atoms with Crippen molar-refractivity contribution in [2.45, 2.75) is 44.4 Å². The van der Waals surface area contributed by atoms with Crippen LogP contribution in [0.2, 0.25) is 0 Å². The quantitative estimate of drug-likeness (QED) is 0.563. The maximum absolute atomic E-state index is 4.51. The molecule has 24 heavy (non-hydrogen) atoms. The molecule has 0 bridgehead atoms. The van der Waals surface area contributed by atoms with Crippen molar-refractivity contribution in [1.29, 1.82) is 0 Å². The summed E-state index contributed by atoms with van der Waals surface area (Å²) in [6.45, 7) is 10.1. The van der Waals surface area contributed by atoms with E-state index in [1.807, 2.05) is 0 Å². The maximum Gasteiger partial charge on any atom is 0.191 e. The van der Waals surface area contributed by atoms with E-state index in [9.17, 15) is 0 Å². The minimum Gasteiger partial charge on any atom is -0.300 e. The number of benzene rings is 1. The molecule has 0 aliphatic carbocycles. The normalized spacial score (nSPS) is 15.5. The molecule has 0 radical (unpaired) electrons. The largest absolute Gasteiger partial charge is 0.300 e. The summed E-state index contributed by atoms with van der Waals surface area (Å²) in [5.41, 5.74) is 2.45. The van der Waals surface area contributed by atoms with Crippen LogP contribution in [0.5, 0.6) is 0 Å². The first-order valence-electron chi connectivity index (χ1n) is 8.68. The topological polar surface area (TPSA) is 34.0 Å². The van der Waals surface area contributed by atoms with Crippen LogP contribution in [-0.4, -0.2) is 38.5 Å². The van der Waals surface area contributed by atoms with E-state index in [4.69, 9.17) is 0 Å². The number of hydrogen-bond donors (Lipinski definition) is 0. The molecule has 1 aliphatic heterocycles. The molecule has 0 spiro atoms. The van der Waals surface area contributed by atoms with Crippen molar-refractivity contribution in [3.63, 3.8) is 0 Å². The second-order valence-electron chi connectivity index (χ2n) is 6.55. The molecule has 0 saturated carbocycles. The summed E-state index contributed by atoms with van der Waals surface area (Å²) in [5.74, 6) is 1.96. The van der Waals surface area contributed by atoms with Gasteiger partial charge in [0.15, 0.2) is 5.16 Å². The average Bonchev–Trinajstić information content (AvgIpc) is 2.96. The number of piperidine rings is 1. The van der Waals surface area contributed by atoms with Crippen LogP contribution in [0, 0.1) is 0 Å². The number of nitrogens with zero attached hydrogens (tertiary/aromatic N) is 4. The smallest absolute Gasteiger partial charge is 0.191 e. The monoisotopic (exact) mass is 342 g/mol. The van der Waals surface area contributed by atoms with Crippen LogP contribution in [-0.2, 0) is 13.1 Å². The van der Waals surface area contributed by atoms with Crippen molar-refractivity contribution in [3.05, 3.63) is 53.9 Å². The molecule has 0 N–H and O–H groups in total. The van der Waals surface area contributed by atoms with Gasteiger partial charge in [0.1, 0.15) is 5.82 Å². The van der Waals surface area contributed by atoms with Crippen LogP contribution in [0.4, 0.5) is 0 Å². The number of aromatic nitrogens is 3. The van der Waals surface area contributed by atoms with E-state index in [1.165, 1.54) is 37.9 Å². The van der Waals surface area contributed by atoms with Gasteiger partial charge in [-0.1, -0.05) is 60.7 Å². The summed E-state index contributed by atoms with van der Waals surface area (Å²) in [6, 6.07) is 10.6. The predicted molar refractivity (Wildman–Crippen MR) is 100 cm³/mol. The van der Waals surface area contributed by atoms with Gasteiger partial charge in [-0.2, -0.15) is 0 Å². The number of hydrogen-bond acceptors (Lipinski definition) is 4. The Labute approximate surface area is 149 Å². The Balaban J connectivity index is 1.79. The van der Waals surface area contributed by atoms with Crippen molar-refractivity contribution >= 4 is 11.8 Å². The van der Waals surface area contributed by atoms with Crippen LogP contribution in [0.15, 0.2) is 47.6 Å². The van der Waals surface area contributed by atoms with E-state index in [0.29, 0.717) is 0 Å². The number of likely N-dealkylation sites (tertiary alicyclic amines) is 1. The Morgan fingerprint density at radius 1 is 1.08 bits per heavy atom. The standard InChI is InChI=1S/C19H26N4S/c1-16(2)15-24-19-21-20-18(14-22-11-7-4-8-12-22)23(19)13-17-9-5-3-6-10-17/h3,5-6,9-10H,1,4,7-8,11-15H2,2H3. The minimum absolute atomic E-state index is 0.829. The summed E-state index contributed by atoms with van der Waals surface area (Å²) in [4.78, 5) is 2.50. The first-order valence-corrected chi connectivity index (χ1v) is 9.66. The van der Waals surface area contributed by atoms with Gasteiger partial charge in [-0.05, 0) is 38.4 Å². The molecule has 1 fully saturated rings. The summed E-state index contributed by atoms with van der Waals surface area (Å²) < 4.78 is 2.28. The fourth-order valence-corrected chi connectivity index (χ4v) is 3.77. The highest BCUT2D eigenvalue weighted by Crippen LogP contribution is 2.22. The Kier molecular flexibility index (Phi) is 6.10. The zero-order chi connectivity index (χ0) is 16.8. The lowest BCUT2D eigenvalue weighted by Gasteiger charge is -2.26. The van der Waals surface area contributed by atoms with Crippen LogP contribution >= 0.6 is 11.8 Å². The van der Waals surface area contributed by atoms with Gasteiger partial charge >= 0.3 is 0 Å². The minimum atomic E-state index is 0.829. The van der Waals surface area contributed by atoms with Crippen LogP contribution in [0.1, 0.15) is 37.6 Å². The molecule has 1 aromatic heterocycles. The average molecular weight is 343 g/mol. The number of thioether (sulfide) groups is 1. The molecule has 2 aromatic rings. The van der Waals surface area contributed by atoms with E-state index < -0.39 is 0 Å². The molecule has 0 amide bonds. The lowest BCUT2D eigenvalue weighted by Crippen LogP contribution is -2.30. The number of rotatable bonds is 7. The third-order valence-corrected chi connectivity index (χ3v) is 5.44. The molecular weight excluding hydrogens is 316 g/mol. The van der Waals surface area contributed by atoms with Crippen LogP contribution in [0.25, 0.3) is 0 Å². The Morgan fingerprint density at radius 3 is 2.54 bits per heavy atom. The molecule has 2 heterocycles. The Bertz CT molecular complexity index is 659. The van der Waals surface area contributed by atoms with Gasteiger partial charge in [0.25, 0.3) is 0 Å². The van der Waals surface area contributed by atoms with Gasteiger partial charge in [0.05, 0.1) is 13.1 Å². The van der Waals surface area contributed by atoms with Gasteiger partial charge in [0, 0.05) is 5.75 Å². The van der Waals surface area contributed by atoms with Gasteiger partial charge in [-0.15, -0.1) is 10.2 Å². The molecule has 5 heteroatoms. The fraction of sp³-hybridized carbons (Fsp3) is 0.474. The first kappa shape index (κ1) is 17.2. The second-order valence-corrected chi connectivity index (χ2v) is 7.50. The van der Waals surface area contributed by atoms with Gasteiger partial charge < -0.3 is 4.57 Å². The Hall–Kier alpha value is -1.59. The summed E-state index contributed by atoms with van der Waals surface area (Å²) in [5, 5.41) is 9.96. The summed E-state index contributed by atoms with van der Waals surface area (Å²) in [7, 11) is 0. The summed E-state index contributed by atoms with van der Waals surface area (Å²) >= 11 is 1.73. The molecule has 3 rings (SSSR count). The molecule has 4 nitrogen and oxygen atoms in total. The Morgan fingerprint density at radius 2 is 1.83 bits per heavy atom. The van der Waals surface area contributed by atoms with E-state index in [-0.39, 0.29) is 0 Å². The fourth-order valence-electron chi connectivity index (χ4n) is 2.97. The van der Waals surface area contributed by atoms with Crippen molar-refractivity contribution in [2.75, 3.05) is 18.8 Å². The zero-order valence-electron chi connectivity index (χ0n) is 14.4. The van der Waals surface area contributed by atoms with Gasteiger partial charge in [-0.25, -0.2) is 0 Å². The lowest BCUT2D eigenvalue weighted by atomic mass is 10.1. The third-order valence-electron chi connectivity index (χ3n) is 4.24. The van der Waals surface area contributed by atoms with Crippen molar-refractivity contribution in [1.82, 2.24) is 19.7 Å². The van der Waals surface area contributed by atoms with Crippen molar-refractivity contribution in [3.8, 4) is 0 Å². The molecule has 1 aromatic carbocycles. The molecule has 1 saturated heterocycles. The third kappa shape index (κ3) is 4.71. The first-order chi connectivity index (χ1) is 11.7. The highest BCUT2D eigenvalue weighted by Gasteiger charge is 2.17. The van der Waals surface area contributed by atoms with Crippen LogP contribution in [0.3, 0.4) is 0 Å². The van der Waals surface area contributed by atoms with E-state index in [1.54, 1.807) is 11.8 Å². The molecular formula is C19H26N4S. The van der Waals surface area contributed by atoms with E-state index in [0.717, 1.165) is 35.4 Å². The second kappa shape index (κ2) is 8.49. The predicted octanol–water partition coefficient (Wildman–Crippen LogP) is 3.98. The SMILES string of the molecule is C=C(C)CSc1nnc(CN2CCCCC2)n1Cc1ccccc1. The zero-order valence-corrected chi connectivity index (χ0v) is 15.3. The molecule has 0 unspecified atom stereocenters. The van der Waals surface area contributed by atoms with Gasteiger partial charge in [-0.3, -0.25) is 4.90 Å². The highest BCUT2D eigenvalue weighted by atomic mass is 32.2. The lowest BCUT2D eigenvalue weighted by molar-refractivity contribution is 0.213. The maximum atomic E-state index is 4.51. The van der Waals surface area contributed by atoms with Crippen LogP contribution < -0.4 is 0 Å². The highest BCUT2D eigenvalue weighted by molar-refractivity contribution is 7.99. The van der Waals surface area contributed by atoms with Crippen molar-refractivity contribution < 1.29 is 0 Å².